The molecule has 0 radical (unpaired) electrons. The molecule has 0 bridgehead atoms. The van der Waals surface area contributed by atoms with Crippen molar-refractivity contribution in [2.45, 2.75) is 36.0 Å². The zero-order valence-corrected chi connectivity index (χ0v) is 13.5. The predicted octanol–water partition coefficient (Wildman–Crippen LogP) is 1.46. The highest BCUT2D eigenvalue weighted by Gasteiger charge is 2.40. The van der Waals surface area contributed by atoms with Crippen molar-refractivity contribution < 1.29 is 9.59 Å². The summed E-state index contributed by atoms with van der Waals surface area (Å²) >= 11 is 1.37. The smallest absolute Gasteiger partial charge is 0.250 e. The van der Waals surface area contributed by atoms with Gasteiger partial charge in [0.25, 0.3) is 0 Å². The van der Waals surface area contributed by atoms with Gasteiger partial charge in [0.05, 0.1) is 5.69 Å². The Balaban J connectivity index is 1.83. The largest absolute Gasteiger partial charge is 0.341 e. The van der Waals surface area contributed by atoms with Crippen molar-refractivity contribution in [1.82, 2.24) is 4.90 Å². The van der Waals surface area contributed by atoms with E-state index in [4.69, 9.17) is 5.73 Å². The summed E-state index contributed by atoms with van der Waals surface area (Å²) < 4.78 is 0. The fourth-order valence-electron chi connectivity index (χ4n) is 2.99. The first-order valence-corrected chi connectivity index (χ1v) is 8.61. The summed E-state index contributed by atoms with van der Waals surface area (Å²) in [6.45, 7) is 3.81. The number of benzene rings is 1. The summed E-state index contributed by atoms with van der Waals surface area (Å²) in [5.41, 5.74) is 6.80. The van der Waals surface area contributed by atoms with Crippen LogP contribution in [0.15, 0.2) is 29.2 Å². The first kappa shape index (κ1) is 15.4. The Morgan fingerprint density at radius 3 is 2.68 bits per heavy atom. The Morgan fingerprint density at radius 1 is 1.32 bits per heavy atom. The summed E-state index contributed by atoms with van der Waals surface area (Å²) in [6, 6.07) is 7.94. The van der Waals surface area contributed by atoms with Gasteiger partial charge in [-0.2, -0.15) is 0 Å². The van der Waals surface area contributed by atoms with Crippen LogP contribution in [0.3, 0.4) is 0 Å². The second-order valence-corrected chi connectivity index (χ2v) is 6.86. The lowest BCUT2D eigenvalue weighted by Crippen LogP contribution is -2.52. The molecule has 1 saturated heterocycles. The minimum absolute atomic E-state index is 0.0742. The maximum Gasteiger partial charge on any atom is 0.250 e. The zero-order chi connectivity index (χ0) is 15.7. The van der Waals surface area contributed by atoms with Crippen molar-refractivity contribution in [3.8, 4) is 0 Å². The third-order valence-corrected chi connectivity index (χ3v) is 5.52. The fraction of sp³-hybridized carbons (Fsp3) is 0.500. The Kier molecular flexibility index (Phi) is 4.40. The number of carbonyl (C=O) groups excluding carboxylic acids is 2. The topological polar surface area (TPSA) is 66.6 Å². The van der Waals surface area contributed by atoms with Crippen LogP contribution < -0.4 is 10.6 Å². The van der Waals surface area contributed by atoms with E-state index in [1.54, 1.807) is 9.80 Å². The van der Waals surface area contributed by atoms with Crippen molar-refractivity contribution in [3.05, 3.63) is 24.3 Å². The molecular formula is C16H21N3O2S. The second-order valence-electron chi connectivity index (χ2n) is 5.71. The average molecular weight is 319 g/mol. The number of para-hydroxylation sites is 1. The zero-order valence-electron chi connectivity index (χ0n) is 12.7. The summed E-state index contributed by atoms with van der Waals surface area (Å²) in [4.78, 5) is 30.0. The molecule has 1 atom stereocenters. The van der Waals surface area contributed by atoms with Crippen molar-refractivity contribution in [3.63, 3.8) is 0 Å². The monoisotopic (exact) mass is 319 g/mol. The number of amides is 2. The molecule has 1 fully saturated rings. The molecule has 1 aromatic carbocycles. The number of carbonyl (C=O) groups is 2. The molecule has 2 heterocycles. The molecule has 118 valence electrons. The van der Waals surface area contributed by atoms with Crippen LogP contribution in [0, 0.1) is 0 Å². The first-order chi connectivity index (χ1) is 10.6. The van der Waals surface area contributed by atoms with Gasteiger partial charge in [-0.1, -0.05) is 12.1 Å². The Bertz CT molecular complexity index is 585. The van der Waals surface area contributed by atoms with E-state index >= 15 is 0 Å². The molecule has 0 aromatic heterocycles. The standard InChI is InChI=1S/C16H21N3O2S/c1-2-19-12-5-3-4-6-13(12)22-14(16(19)21)15(20)18-9-7-11(17)8-10-18/h3-6,11,14H,2,7-10,17H2,1H3. The Morgan fingerprint density at radius 2 is 2.00 bits per heavy atom. The highest BCUT2D eigenvalue weighted by Crippen LogP contribution is 2.39. The van der Waals surface area contributed by atoms with E-state index in [-0.39, 0.29) is 17.9 Å². The van der Waals surface area contributed by atoms with Gasteiger partial charge in [-0.05, 0) is 31.9 Å². The lowest BCUT2D eigenvalue weighted by Gasteiger charge is -2.36. The minimum Gasteiger partial charge on any atom is -0.341 e. The van der Waals surface area contributed by atoms with E-state index < -0.39 is 5.25 Å². The van der Waals surface area contributed by atoms with Gasteiger partial charge in [0.15, 0.2) is 5.25 Å². The molecule has 5 nitrogen and oxygen atoms in total. The number of hydrogen-bond acceptors (Lipinski definition) is 4. The van der Waals surface area contributed by atoms with Gasteiger partial charge in [0, 0.05) is 30.6 Å². The number of thioether (sulfide) groups is 1. The fourth-order valence-corrected chi connectivity index (χ4v) is 4.17. The van der Waals surface area contributed by atoms with Crippen LogP contribution in [0.5, 0.6) is 0 Å². The van der Waals surface area contributed by atoms with Crippen LogP contribution in [0.25, 0.3) is 0 Å². The minimum atomic E-state index is -0.663. The molecule has 22 heavy (non-hydrogen) atoms. The SMILES string of the molecule is CCN1C(=O)C(C(=O)N2CCC(N)CC2)Sc2ccccc21. The van der Waals surface area contributed by atoms with Gasteiger partial charge in [-0.25, -0.2) is 0 Å². The highest BCUT2D eigenvalue weighted by molar-refractivity contribution is 8.01. The second kappa shape index (κ2) is 6.30. The number of fused-ring (bicyclic) bond motifs is 1. The van der Waals surface area contributed by atoms with Gasteiger partial charge < -0.3 is 15.5 Å². The van der Waals surface area contributed by atoms with E-state index in [1.165, 1.54) is 11.8 Å². The normalized spacial score (nSPS) is 22.6. The maximum atomic E-state index is 12.8. The summed E-state index contributed by atoms with van der Waals surface area (Å²) in [5, 5.41) is -0.663. The number of hydrogen-bond donors (Lipinski definition) is 1. The van der Waals surface area contributed by atoms with E-state index in [0.29, 0.717) is 19.6 Å². The molecule has 0 aliphatic carbocycles. The number of nitrogens with two attached hydrogens (primary N) is 1. The van der Waals surface area contributed by atoms with Gasteiger partial charge in [0.1, 0.15) is 0 Å². The highest BCUT2D eigenvalue weighted by atomic mass is 32.2. The van der Waals surface area contributed by atoms with Crippen molar-refractivity contribution in [2.24, 2.45) is 5.73 Å². The maximum absolute atomic E-state index is 12.8. The predicted molar refractivity (Wildman–Crippen MR) is 87.9 cm³/mol. The third-order valence-electron chi connectivity index (χ3n) is 4.28. The van der Waals surface area contributed by atoms with Crippen LogP contribution in [0.4, 0.5) is 5.69 Å². The third kappa shape index (κ3) is 2.73. The Hall–Kier alpha value is -1.53. The molecule has 1 unspecified atom stereocenters. The number of likely N-dealkylation sites (tertiary alicyclic amines) is 1. The van der Waals surface area contributed by atoms with Gasteiger partial charge in [0.2, 0.25) is 11.8 Å². The quantitative estimate of drug-likeness (QED) is 0.838. The molecule has 2 aliphatic heterocycles. The lowest BCUT2D eigenvalue weighted by molar-refractivity contribution is -0.135. The number of rotatable bonds is 2. The molecule has 2 N–H and O–H groups in total. The first-order valence-electron chi connectivity index (χ1n) is 7.73. The molecule has 0 saturated carbocycles. The van der Waals surface area contributed by atoms with Crippen LogP contribution in [-0.2, 0) is 9.59 Å². The van der Waals surface area contributed by atoms with Crippen LogP contribution in [0.1, 0.15) is 19.8 Å². The van der Waals surface area contributed by atoms with Gasteiger partial charge >= 0.3 is 0 Å². The summed E-state index contributed by atoms with van der Waals surface area (Å²) in [5.74, 6) is -0.180. The number of nitrogens with zero attached hydrogens (tertiary/aromatic N) is 2. The van der Waals surface area contributed by atoms with E-state index in [0.717, 1.165) is 23.4 Å². The van der Waals surface area contributed by atoms with Gasteiger partial charge in [-0.15, -0.1) is 11.8 Å². The Labute approximate surface area is 134 Å². The van der Waals surface area contributed by atoms with E-state index in [9.17, 15) is 9.59 Å². The van der Waals surface area contributed by atoms with Crippen molar-refractivity contribution in [2.75, 3.05) is 24.5 Å². The van der Waals surface area contributed by atoms with E-state index in [1.807, 2.05) is 31.2 Å². The molecule has 2 amide bonds. The summed E-state index contributed by atoms with van der Waals surface area (Å²) in [7, 11) is 0. The number of anilines is 1. The van der Waals surface area contributed by atoms with E-state index in [2.05, 4.69) is 0 Å². The molecule has 6 heteroatoms. The molecule has 3 rings (SSSR count). The molecule has 2 aliphatic rings. The number of piperidine rings is 1. The summed E-state index contributed by atoms with van der Waals surface area (Å²) in [6.07, 6.45) is 1.62. The van der Waals surface area contributed by atoms with Crippen molar-refractivity contribution >= 4 is 29.3 Å². The molecule has 1 aromatic rings. The van der Waals surface area contributed by atoms with Crippen LogP contribution in [-0.4, -0.2) is 47.6 Å². The average Bonchev–Trinajstić information content (AvgIpc) is 2.54. The lowest BCUT2D eigenvalue weighted by atomic mass is 10.1. The molecular weight excluding hydrogens is 298 g/mol. The van der Waals surface area contributed by atoms with Crippen molar-refractivity contribution in [1.29, 1.82) is 0 Å². The molecule has 0 spiro atoms. The van der Waals surface area contributed by atoms with Crippen LogP contribution in [0.2, 0.25) is 0 Å². The van der Waals surface area contributed by atoms with Gasteiger partial charge in [-0.3, -0.25) is 9.59 Å². The van der Waals surface area contributed by atoms with Crippen LogP contribution >= 0.6 is 11.8 Å².